The molecule has 19 heavy (non-hydrogen) atoms. The maximum Gasteiger partial charge on any atom is 0.243 e. The molecule has 1 fully saturated rings. The molecule has 1 heterocycles. The van der Waals surface area contributed by atoms with Crippen molar-refractivity contribution in [1.29, 1.82) is 0 Å². The number of hydrogen-bond acceptors (Lipinski definition) is 3. The Morgan fingerprint density at radius 3 is 2.74 bits per heavy atom. The van der Waals surface area contributed by atoms with Crippen LogP contribution in [0.5, 0.6) is 0 Å². The topological polar surface area (TPSA) is 49.4 Å². The molecule has 1 aromatic rings. The van der Waals surface area contributed by atoms with E-state index in [2.05, 4.69) is 21.2 Å². The van der Waals surface area contributed by atoms with Crippen LogP contribution >= 0.6 is 28.3 Å². The maximum absolute atomic E-state index is 12.6. The summed E-state index contributed by atoms with van der Waals surface area (Å²) < 4.78 is 27.7. The van der Waals surface area contributed by atoms with Crippen LogP contribution in [0, 0.1) is 6.92 Å². The van der Waals surface area contributed by atoms with Crippen molar-refractivity contribution < 1.29 is 8.42 Å². The van der Waals surface area contributed by atoms with Crippen LogP contribution in [-0.4, -0.2) is 38.4 Å². The molecule has 1 saturated heterocycles. The van der Waals surface area contributed by atoms with Crippen molar-refractivity contribution in [3.8, 4) is 0 Å². The van der Waals surface area contributed by atoms with Crippen molar-refractivity contribution in [3.63, 3.8) is 0 Å². The average molecular weight is 370 g/mol. The number of rotatable bonds is 2. The van der Waals surface area contributed by atoms with E-state index in [-0.39, 0.29) is 18.4 Å². The van der Waals surface area contributed by atoms with Crippen LogP contribution in [0.25, 0.3) is 0 Å². The minimum absolute atomic E-state index is 0. The maximum atomic E-state index is 12.6. The van der Waals surface area contributed by atoms with E-state index in [4.69, 9.17) is 0 Å². The third kappa shape index (κ3) is 3.49. The molecule has 1 atom stereocenters. The second-order valence-corrected chi connectivity index (χ2v) is 7.35. The van der Waals surface area contributed by atoms with E-state index < -0.39 is 10.0 Å². The van der Waals surface area contributed by atoms with E-state index in [1.807, 2.05) is 26.0 Å². The van der Waals surface area contributed by atoms with Crippen LogP contribution in [0.1, 0.15) is 12.5 Å². The summed E-state index contributed by atoms with van der Waals surface area (Å²) in [6, 6.07) is 5.35. The number of hydrogen-bond donors (Lipinski definition) is 1. The van der Waals surface area contributed by atoms with Gasteiger partial charge in [0.25, 0.3) is 0 Å². The summed E-state index contributed by atoms with van der Waals surface area (Å²) in [6.45, 7) is 5.68. The standard InChI is InChI=1S/C12H17BrN2O2S.ClH/c1-9-3-4-11(13)7-12(9)18(16,17)15-6-5-14-8-10(15)2;/h3-4,7,10,14H,5-6,8H2,1-2H3;1H. The van der Waals surface area contributed by atoms with Crippen molar-refractivity contribution in [2.75, 3.05) is 19.6 Å². The van der Waals surface area contributed by atoms with Crippen molar-refractivity contribution in [1.82, 2.24) is 9.62 Å². The molecule has 1 aliphatic heterocycles. The van der Waals surface area contributed by atoms with Gasteiger partial charge in [0, 0.05) is 30.1 Å². The molecule has 0 saturated carbocycles. The molecule has 1 unspecified atom stereocenters. The zero-order valence-electron chi connectivity index (χ0n) is 10.9. The second kappa shape index (κ2) is 6.54. The Morgan fingerprint density at radius 2 is 2.11 bits per heavy atom. The summed E-state index contributed by atoms with van der Waals surface area (Å²) in [6.07, 6.45) is 0. The predicted molar refractivity (Wildman–Crippen MR) is 82.4 cm³/mol. The summed E-state index contributed by atoms with van der Waals surface area (Å²) in [5.74, 6) is 0. The molecule has 4 nitrogen and oxygen atoms in total. The van der Waals surface area contributed by atoms with Crippen LogP contribution in [0.4, 0.5) is 0 Å². The van der Waals surface area contributed by atoms with Gasteiger partial charge in [-0.3, -0.25) is 0 Å². The van der Waals surface area contributed by atoms with Crippen LogP contribution in [0.3, 0.4) is 0 Å². The lowest BCUT2D eigenvalue weighted by atomic mass is 10.2. The quantitative estimate of drug-likeness (QED) is 0.869. The summed E-state index contributed by atoms with van der Waals surface area (Å²) in [4.78, 5) is 0.394. The monoisotopic (exact) mass is 368 g/mol. The molecule has 7 heteroatoms. The molecule has 0 radical (unpaired) electrons. The smallest absolute Gasteiger partial charge is 0.243 e. The summed E-state index contributed by atoms with van der Waals surface area (Å²) >= 11 is 3.33. The fourth-order valence-electron chi connectivity index (χ4n) is 2.16. The number of aryl methyl sites for hydroxylation is 1. The average Bonchev–Trinajstić information content (AvgIpc) is 2.32. The number of nitrogens with zero attached hydrogens (tertiary/aromatic N) is 1. The number of sulfonamides is 1. The summed E-state index contributed by atoms with van der Waals surface area (Å²) in [5, 5.41) is 3.20. The first-order valence-electron chi connectivity index (χ1n) is 5.91. The molecule has 108 valence electrons. The Balaban J connectivity index is 0.00000180. The molecule has 2 rings (SSSR count). The SMILES string of the molecule is Cc1ccc(Br)cc1S(=O)(=O)N1CCNCC1C.Cl. The zero-order chi connectivity index (χ0) is 13.3. The Bertz CT molecular complexity index is 551. The lowest BCUT2D eigenvalue weighted by molar-refractivity contribution is 0.283. The van der Waals surface area contributed by atoms with Crippen molar-refractivity contribution in [2.45, 2.75) is 24.8 Å². The van der Waals surface area contributed by atoms with Gasteiger partial charge in [-0.25, -0.2) is 8.42 Å². The summed E-state index contributed by atoms with van der Waals surface area (Å²) in [7, 11) is -3.40. The van der Waals surface area contributed by atoms with Crippen LogP contribution in [0.2, 0.25) is 0 Å². The molecule has 1 aromatic carbocycles. The molecule has 1 N–H and O–H groups in total. The number of piperazine rings is 1. The highest BCUT2D eigenvalue weighted by atomic mass is 79.9. The Hall–Kier alpha value is -0.140. The van der Waals surface area contributed by atoms with E-state index in [0.29, 0.717) is 24.5 Å². The van der Waals surface area contributed by atoms with Gasteiger partial charge in [0.1, 0.15) is 0 Å². The molecule has 0 spiro atoms. The van der Waals surface area contributed by atoms with Gasteiger partial charge in [-0.1, -0.05) is 22.0 Å². The van der Waals surface area contributed by atoms with Gasteiger partial charge < -0.3 is 5.32 Å². The van der Waals surface area contributed by atoms with Crippen LogP contribution in [0.15, 0.2) is 27.6 Å². The van der Waals surface area contributed by atoms with Gasteiger partial charge in [-0.05, 0) is 31.5 Å². The minimum atomic E-state index is -3.40. The number of nitrogens with one attached hydrogen (secondary N) is 1. The Morgan fingerprint density at radius 1 is 1.42 bits per heavy atom. The fraction of sp³-hybridized carbons (Fsp3) is 0.500. The highest BCUT2D eigenvalue weighted by molar-refractivity contribution is 9.10. The van der Waals surface area contributed by atoms with Gasteiger partial charge in [0.15, 0.2) is 0 Å². The van der Waals surface area contributed by atoms with Gasteiger partial charge in [-0.15, -0.1) is 12.4 Å². The first-order chi connectivity index (χ1) is 8.43. The molecule has 0 aliphatic carbocycles. The van der Waals surface area contributed by atoms with Crippen molar-refractivity contribution in [3.05, 3.63) is 28.2 Å². The van der Waals surface area contributed by atoms with Gasteiger partial charge in [-0.2, -0.15) is 4.31 Å². The second-order valence-electron chi connectivity index (χ2n) is 4.58. The normalized spacial score (nSPS) is 20.9. The first kappa shape index (κ1) is 16.9. The highest BCUT2D eigenvalue weighted by Crippen LogP contribution is 2.25. The minimum Gasteiger partial charge on any atom is -0.314 e. The number of halogens is 2. The summed E-state index contributed by atoms with van der Waals surface area (Å²) in [5.41, 5.74) is 0.781. The zero-order valence-corrected chi connectivity index (χ0v) is 14.1. The first-order valence-corrected chi connectivity index (χ1v) is 8.15. The van der Waals surface area contributed by atoms with Crippen molar-refractivity contribution in [2.24, 2.45) is 0 Å². The van der Waals surface area contributed by atoms with Gasteiger partial charge in [0.2, 0.25) is 10.0 Å². The number of benzene rings is 1. The third-order valence-corrected chi connectivity index (χ3v) is 5.83. The predicted octanol–water partition coefficient (Wildman–Crippen LogP) is 2.16. The lowest BCUT2D eigenvalue weighted by Crippen LogP contribution is -2.52. The molecule has 1 aliphatic rings. The van der Waals surface area contributed by atoms with E-state index in [0.717, 1.165) is 10.0 Å². The molecule has 0 amide bonds. The Labute approximate surface area is 129 Å². The molecular weight excluding hydrogens is 352 g/mol. The van der Waals surface area contributed by atoms with Gasteiger partial charge >= 0.3 is 0 Å². The molecule has 0 bridgehead atoms. The van der Waals surface area contributed by atoms with E-state index in [9.17, 15) is 8.42 Å². The largest absolute Gasteiger partial charge is 0.314 e. The van der Waals surface area contributed by atoms with E-state index in [1.165, 1.54) is 0 Å². The van der Waals surface area contributed by atoms with Crippen LogP contribution < -0.4 is 5.32 Å². The fourth-order valence-corrected chi connectivity index (χ4v) is 4.55. The van der Waals surface area contributed by atoms with Crippen molar-refractivity contribution >= 4 is 38.4 Å². The molecule has 0 aromatic heterocycles. The van der Waals surface area contributed by atoms with E-state index in [1.54, 1.807) is 10.4 Å². The highest BCUT2D eigenvalue weighted by Gasteiger charge is 2.31. The lowest BCUT2D eigenvalue weighted by Gasteiger charge is -2.33. The Kier molecular flexibility index (Phi) is 5.82. The van der Waals surface area contributed by atoms with E-state index >= 15 is 0 Å². The van der Waals surface area contributed by atoms with Crippen LogP contribution in [-0.2, 0) is 10.0 Å². The third-order valence-electron chi connectivity index (χ3n) is 3.18. The molecular formula is C12H18BrClN2O2S. The van der Waals surface area contributed by atoms with Gasteiger partial charge in [0.05, 0.1) is 4.90 Å².